The molecule has 0 aliphatic carbocycles. The van der Waals surface area contributed by atoms with Crippen molar-refractivity contribution in [3.8, 4) is 0 Å². The number of halogens is 1. The number of ether oxygens (including phenoxy) is 1. The highest BCUT2D eigenvalue weighted by Crippen LogP contribution is 2.25. The van der Waals surface area contributed by atoms with Gasteiger partial charge in [0, 0.05) is 6.61 Å². The number of rotatable bonds is 2. The second-order valence-corrected chi connectivity index (χ2v) is 5.49. The largest absolute Gasteiger partial charge is 0.379 e. The number of nitrogens with two attached hydrogens (primary N) is 1. The lowest BCUT2D eigenvalue weighted by Crippen LogP contribution is -2.32. The lowest BCUT2D eigenvalue weighted by molar-refractivity contribution is 0.185. The maximum absolute atomic E-state index is 12.8. The first kappa shape index (κ1) is 13.5. The molecule has 1 unspecified atom stereocenters. The Labute approximate surface area is 121 Å². The first-order valence-electron chi connectivity index (χ1n) is 6.63. The number of fused-ring (bicyclic) bond motifs is 1. The Hall–Kier alpha value is -1.43. The van der Waals surface area contributed by atoms with Crippen LogP contribution in [-0.2, 0) is 4.74 Å². The second-order valence-electron chi connectivity index (χ2n) is 5.09. The van der Waals surface area contributed by atoms with E-state index in [4.69, 9.17) is 22.1 Å². The lowest BCUT2D eigenvalue weighted by Gasteiger charge is -2.20. The summed E-state index contributed by atoms with van der Waals surface area (Å²) in [4.78, 5) is 17.3. The SMILES string of the molecule is C[C@H](N)c1nc2cccc(Cl)c2c(=O)n1C1CCOC1. The van der Waals surface area contributed by atoms with Crippen LogP contribution in [0.2, 0.25) is 5.02 Å². The molecule has 1 aromatic carbocycles. The summed E-state index contributed by atoms with van der Waals surface area (Å²) in [7, 11) is 0. The molecule has 1 saturated heterocycles. The van der Waals surface area contributed by atoms with Crippen molar-refractivity contribution >= 4 is 22.5 Å². The van der Waals surface area contributed by atoms with E-state index in [1.807, 2.05) is 6.92 Å². The Morgan fingerprint density at radius 3 is 3.00 bits per heavy atom. The standard InChI is InChI=1S/C14H16ClN3O2/c1-8(16)13-17-11-4-2-3-10(15)12(11)14(19)18(13)9-5-6-20-7-9/h2-4,8-9H,5-7,16H2,1H3/t8-,9?/m0/s1. The summed E-state index contributed by atoms with van der Waals surface area (Å²) in [5, 5.41) is 0.870. The molecule has 2 N–H and O–H groups in total. The first-order chi connectivity index (χ1) is 9.59. The lowest BCUT2D eigenvalue weighted by atomic mass is 10.1. The number of benzene rings is 1. The van der Waals surface area contributed by atoms with Crippen LogP contribution in [0.3, 0.4) is 0 Å². The molecule has 1 fully saturated rings. The Kier molecular flexibility index (Phi) is 3.50. The fourth-order valence-corrected chi connectivity index (χ4v) is 2.87. The summed E-state index contributed by atoms with van der Waals surface area (Å²) < 4.78 is 7.04. The molecule has 1 aliphatic rings. The van der Waals surface area contributed by atoms with Crippen LogP contribution in [0, 0.1) is 0 Å². The highest BCUT2D eigenvalue weighted by molar-refractivity contribution is 6.35. The van der Waals surface area contributed by atoms with Gasteiger partial charge in [0.15, 0.2) is 0 Å². The molecule has 2 heterocycles. The topological polar surface area (TPSA) is 70.1 Å². The molecule has 2 atom stereocenters. The van der Waals surface area contributed by atoms with E-state index < -0.39 is 0 Å². The van der Waals surface area contributed by atoms with Gasteiger partial charge in [-0.3, -0.25) is 9.36 Å². The number of aromatic nitrogens is 2. The Morgan fingerprint density at radius 1 is 1.55 bits per heavy atom. The third-order valence-electron chi connectivity index (χ3n) is 3.58. The van der Waals surface area contributed by atoms with E-state index >= 15 is 0 Å². The van der Waals surface area contributed by atoms with Crippen molar-refractivity contribution in [3.05, 3.63) is 39.4 Å². The van der Waals surface area contributed by atoms with Crippen LogP contribution in [0.4, 0.5) is 0 Å². The molecule has 106 valence electrons. The van der Waals surface area contributed by atoms with Gasteiger partial charge < -0.3 is 10.5 Å². The smallest absolute Gasteiger partial charge is 0.263 e. The Balaban J connectivity index is 2.35. The molecule has 0 amide bonds. The van der Waals surface area contributed by atoms with Gasteiger partial charge in [-0.25, -0.2) is 4.98 Å². The third-order valence-corrected chi connectivity index (χ3v) is 3.90. The van der Waals surface area contributed by atoms with Crippen molar-refractivity contribution in [1.82, 2.24) is 9.55 Å². The minimum Gasteiger partial charge on any atom is -0.379 e. The van der Waals surface area contributed by atoms with E-state index in [0.29, 0.717) is 35.0 Å². The molecular formula is C14H16ClN3O2. The van der Waals surface area contributed by atoms with Crippen molar-refractivity contribution < 1.29 is 4.74 Å². The molecular weight excluding hydrogens is 278 g/mol. The first-order valence-corrected chi connectivity index (χ1v) is 7.01. The molecule has 0 spiro atoms. The van der Waals surface area contributed by atoms with Crippen molar-refractivity contribution in [2.75, 3.05) is 13.2 Å². The Morgan fingerprint density at radius 2 is 2.35 bits per heavy atom. The van der Waals surface area contributed by atoms with Crippen LogP contribution in [0.25, 0.3) is 10.9 Å². The van der Waals surface area contributed by atoms with E-state index in [1.54, 1.807) is 22.8 Å². The zero-order chi connectivity index (χ0) is 14.3. The van der Waals surface area contributed by atoms with Gasteiger partial charge in [0.25, 0.3) is 5.56 Å². The fraction of sp³-hybridized carbons (Fsp3) is 0.429. The van der Waals surface area contributed by atoms with Gasteiger partial charge in [0.2, 0.25) is 0 Å². The molecule has 1 aliphatic heterocycles. The van der Waals surface area contributed by atoms with Crippen molar-refractivity contribution in [2.45, 2.75) is 25.4 Å². The van der Waals surface area contributed by atoms with Crippen molar-refractivity contribution in [1.29, 1.82) is 0 Å². The monoisotopic (exact) mass is 293 g/mol. The van der Waals surface area contributed by atoms with Gasteiger partial charge in [-0.1, -0.05) is 17.7 Å². The maximum atomic E-state index is 12.8. The van der Waals surface area contributed by atoms with E-state index in [-0.39, 0.29) is 17.6 Å². The van der Waals surface area contributed by atoms with Gasteiger partial charge in [0.05, 0.1) is 34.6 Å². The van der Waals surface area contributed by atoms with Gasteiger partial charge in [0.1, 0.15) is 5.82 Å². The van der Waals surface area contributed by atoms with Crippen LogP contribution >= 0.6 is 11.6 Å². The van der Waals surface area contributed by atoms with E-state index in [0.717, 1.165) is 6.42 Å². The molecule has 0 radical (unpaired) electrons. The fourth-order valence-electron chi connectivity index (χ4n) is 2.62. The van der Waals surface area contributed by atoms with E-state index in [2.05, 4.69) is 4.98 Å². The molecule has 0 bridgehead atoms. The normalized spacial score (nSPS) is 20.4. The van der Waals surface area contributed by atoms with Gasteiger partial charge in [-0.2, -0.15) is 0 Å². The minimum atomic E-state index is -0.327. The molecule has 20 heavy (non-hydrogen) atoms. The number of nitrogens with zero attached hydrogens (tertiary/aromatic N) is 2. The molecule has 0 saturated carbocycles. The third kappa shape index (κ3) is 2.12. The summed E-state index contributed by atoms with van der Waals surface area (Å²) in [5.74, 6) is 0.584. The molecule has 5 nitrogen and oxygen atoms in total. The van der Waals surface area contributed by atoms with E-state index in [1.165, 1.54) is 0 Å². The maximum Gasteiger partial charge on any atom is 0.263 e. The summed E-state index contributed by atoms with van der Waals surface area (Å²) >= 11 is 6.16. The summed E-state index contributed by atoms with van der Waals surface area (Å²) in [6.07, 6.45) is 0.789. The Bertz CT molecular complexity index is 705. The average molecular weight is 294 g/mol. The highest BCUT2D eigenvalue weighted by Gasteiger charge is 2.25. The predicted octanol–water partition coefficient (Wildman–Crippen LogP) is 2.03. The zero-order valence-corrected chi connectivity index (χ0v) is 11.9. The van der Waals surface area contributed by atoms with Crippen molar-refractivity contribution in [2.24, 2.45) is 5.73 Å². The van der Waals surface area contributed by atoms with Crippen LogP contribution in [0.15, 0.2) is 23.0 Å². The van der Waals surface area contributed by atoms with Gasteiger partial charge in [-0.05, 0) is 25.5 Å². The molecule has 2 aromatic rings. The zero-order valence-electron chi connectivity index (χ0n) is 11.2. The van der Waals surface area contributed by atoms with Gasteiger partial charge >= 0.3 is 0 Å². The minimum absolute atomic E-state index is 0.0170. The number of hydrogen-bond donors (Lipinski definition) is 1. The van der Waals surface area contributed by atoms with E-state index in [9.17, 15) is 4.79 Å². The van der Waals surface area contributed by atoms with Crippen LogP contribution in [0.5, 0.6) is 0 Å². The summed E-state index contributed by atoms with van der Waals surface area (Å²) in [6.45, 7) is 2.98. The van der Waals surface area contributed by atoms with Gasteiger partial charge in [-0.15, -0.1) is 0 Å². The van der Waals surface area contributed by atoms with Crippen LogP contribution in [0.1, 0.15) is 31.3 Å². The van der Waals surface area contributed by atoms with Crippen LogP contribution < -0.4 is 11.3 Å². The summed E-state index contributed by atoms with van der Waals surface area (Å²) in [6, 6.07) is 4.92. The predicted molar refractivity (Wildman–Crippen MR) is 78.1 cm³/mol. The second kappa shape index (κ2) is 5.16. The average Bonchev–Trinajstić information content (AvgIpc) is 2.91. The molecule has 1 aromatic heterocycles. The quantitative estimate of drug-likeness (QED) is 0.920. The molecule has 6 heteroatoms. The number of hydrogen-bond acceptors (Lipinski definition) is 4. The summed E-state index contributed by atoms with van der Waals surface area (Å²) in [5.41, 5.74) is 6.44. The van der Waals surface area contributed by atoms with Crippen molar-refractivity contribution in [3.63, 3.8) is 0 Å². The van der Waals surface area contributed by atoms with Crippen LogP contribution in [-0.4, -0.2) is 22.8 Å². The molecule has 3 rings (SSSR count). The highest BCUT2D eigenvalue weighted by atomic mass is 35.5.